The van der Waals surface area contributed by atoms with Gasteiger partial charge in [-0.1, -0.05) is 24.3 Å². The standard InChI is InChI=1S/C26H23F2N3O2S/c1-16-30-24(25(34-16)17-8-10-19(27)11-9-17)26(32)31-12-3-2-7-21(31)14-23-29-15-22(33-23)18-5-4-6-20(28)13-18/h4-6,8-11,13,15,21H,2-3,7,12,14H2,1H3. The normalized spacial score (nSPS) is 16.1. The molecular weight excluding hydrogens is 456 g/mol. The summed E-state index contributed by atoms with van der Waals surface area (Å²) in [6, 6.07) is 12.2. The van der Waals surface area contributed by atoms with Crippen molar-refractivity contribution >= 4 is 17.2 Å². The highest BCUT2D eigenvalue weighted by Gasteiger charge is 2.32. The van der Waals surface area contributed by atoms with E-state index in [0.717, 1.165) is 34.7 Å². The van der Waals surface area contributed by atoms with Crippen molar-refractivity contribution in [2.24, 2.45) is 0 Å². The minimum atomic E-state index is -0.338. The molecule has 0 radical (unpaired) electrons. The largest absolute Gasteiger partial charge is 0.441 e. The highest BCUT2D eigenvalue weighted by atomic mass is 32.1. The van der Waals surface area contributed by atoms with Gasteiger partial charge in [0.1, 0.15) is 17.3 Å². The smallest absolute Gasteiger partial charge is 0.274 e. The minimum absolute atomic E-state index is 0.0802. The number of hydrogen-bond donors (Lipinski definition) is 0. The summed E-state index contributed by atoms with van der Waals surface area (Å²) >= 11 is 1.43. The summed E-state index contributed by atoms with van der Waals surface area (Å²) in [5, 5.41) is 0.781. The lowest BCUT2D eigenvalue weighted by atomic mass is 9.98. The number of aromatic nitrogens is 2. The molecule has 4 aromatic rings. The van der Waals surface area contributed by atoms with Gasteiger partial charge in [-0.3, -0.25) is 4.79 Å². The molecule has 0 bridgehead atoms. The van der Waals surface area contributed by atoms with E-state index >= 15 is 0 Å². The maximum Gasteiger partial charge on any atom is 0.274 e. The van der Waals surface area contributed by atoms with Gasteiger partial charge in [-0.05, 0) is 56.0 Å². The van der Waals surface area contributed by atoms with Crippen molar-refractivity contribution in [1.82, 2.24) is 14.9 Å². The summed E-state index contributed by atoms with van der Waals surface area (Å²) in [7, 11) is 0. The zero-order chi connectivity index (χ0) is 23.7. The van der Waals surface area contributed by atoms with Gasteiger partial charge in [-0.2, -0.15) is 0 Å². The number of thiazole rings is 1. The Morgan fingerprint density at radius 2 is 1.94 bits per heavy atom. The van der Waals surface area contributed by atoms with Crippen LogP contribution < -0.4 is 0 Å². The lowest BCUT2D eigenvalue weighted by Crippen LogP contribution is -2.45. The minimum Gasteiger partial charge on any atom is -0.441 e. The molecule has 1 amide bonds. The van der Waals surface area contributed by atoms with Crippen LogP contribution in [0.1, 0.15) is 40.6 Å². The van der Waals surface area contributed by atoms with E-state index in [1.54, 1.807) is 30.5 Å². The highest BCUT2D eigenvalue weighted by Crippen LogP contribution is 2.33. The van der Waals surface area contributed by atoms with Crippen LogP contribution in [0.2, 0.25) is 0 Å². The van der Waals surface area contributed by atoms with Gasteiger partial charge in [0.15, 0.2) is 11.7 Å². The SMILES string of the molecule is Cc1nc(C(=O)N2CCCCC2Cc2ncc(-c3cccc(F)c3)o2)c(-c2ccc(F)cc2)s1. The third kappa shape index (κ3) is 4.63. The van der Waals surface area contributed by atoms with Crippen LogP contribution in [0, 0.1) is 18.6 Å². The second-order valence-electron chi connectivity index (χ2n) is 8.40. The van der Waals surface area contributed by atoms with E-state index in [4.69, 9.17) is 4.42 Å². The lowest BCUT2D eigenvalue weighted by molar-refractivity contribution is 0.0601. The van der Waals surface area contributed by atoms with Crippen LogP contribution in [0.25, 0.3) is 21.8 Å². The number of rotatable bonds is 5. The Bertz CT molecular complexity index is 1320. The van der Waals surface area contributed by atoms with Crippen LogP contribution in [-0.4, -0.2) is 33.4 Å². The van der Waals surface area contributed by atoms with Gasteiger partial charge in [0.05, 0.1) is 16.1 Å². The van der Waals surface area contributed by atoms with E-state index in [2.05, 4.69) is 9.97 Å². The summed E-state index contributed by atoms with van der Waals surface area (Å²) in [4.78, 5) is 25.2. The molecule has 1 saturated heterocycles. The molecular formula is C26H23F2N3O2S. The Balaban J connectivity index is 1.39. The van der Waals surface area contributed by atoms with Crippen molar-refractivity contribution in [2.75, 3.05) is 6.54 Å². The Kier molecular flexibility index (Phi) is 6.24. The van der Waals surface area contributed by atoms with Gasteiger partial charge >= 0.3 is 0 Å². The molecule has 34 heavy (non-hydrogen) atoms. The van der Waals surface area contributed by atoms with E-state index in [-0.39, 0.29) is 23.6 Å². The van der Waals surface area contributed by atoms with Crippen LogP contribution in [-0.2, 0) is 6.42 Å². The molecule has 174 valence electrons. The molecule has 2 aromatic carbocycles. The molecule has 1 aliphatic heterocycles. The Morgan fingerprint density at radius 3 is 2.74 bits per heavy atom. The first-order valence-electron chi connectivity index (χ1n) is 11.2. The molecule has 3 heterocycles. The number of halogens is 2. The molecule has 0 N–H and O–H groups in total. The Labute approximate surface area is 200 Å². The summed E-state index contributed by atoms with van der Waals surface area (Å²) in [6.07, 6.45) is 4.81. The molecule has 5 rings (SSSR count). The average Bonchev–Trinajstić information content (AvgIpc) is 3.46. The van der Waals surface area contributed by atoms with Crippen LogP contribution >= 0.6 is 11.3 Å². The van der Waals surface area contributed by atoms with E-state index in [9.17, 15) is 13.6 Å². The number of amides is 1. The van der Waals surface area contributed by atoms with Gasteiger partial charge in [0.25, 0.3) is 5.91 Å². The third-order valence-corrected chi connectivity index (χ3v) is 7.02. The van der Waals surface area contributed by atoms with E-state index in [1.165, 1.54) is 35.6 Å². The first-order valence-corrected chi connectivity index (χ1v) is 12.0. The molecule has 0 saturated carbocycles. The number of carbonyl (C=O) groups excluding carboxylic acids is 1. The van der Waals surface area contributed by atoms with Crippen LogP contribution in [0.5, 0.6) is 0 Å². The van der Waals surface area contributed by atoms with Gasteiger partial charge in [-0.15, -0.1) is 11.3 Å². The maximum absolute atomic E-state index is 13.6. The molecule has 0 aliphatic carbocycles. The lowest BCUT2D eigenvalue weighted by Gasteiger charge is -2.35. The number of aryl methyl sites for hydroxylation is 1. The van der Waals surface area contributed by atoms with Crippen molar-refractivity contribution < 1.29 is 18.0 Å². The van der Waals surface area contributed by atoms with Gasteiger partial charge in [0.2, 0.25) is 0 Å². The van der Waals surface area contributed by atoms with Crippen molar-refractivity contribution in [3.8, 4) is 21.8 Å². The second-order valence-corrected chi connectivity index (χ2v) is 9.60. The molecule has 1 fully saturated rings. The summed E-state index contributed by atoms with van der Waals surface area (Å²) in [6.45, 7) is 2.49. The fourth-order valence-corrected chi connectivity index (χ4v) is 5.28. The number of hydrogen-bond acceptors (Lipinski definition) is 5. The van der Waals surface area contributed by atoms with Gasteiger partial charge in [0, 0.05) is 24.6 Å². The zero-order valence-electron chi connectivity index (χ0n) is 18.6. The molecule has 5 nitrogen and oxygen atoms in total. The molecule has 1 atom stereocenters. The van der Waals surface area contributed by atoms with Gasteiger partial charge < -0.3 is 9.32 Å². The van der Waals surface area contributed by atoms with Crippen LogP contribution in [0.15, 0.2) is 59.1 Å². The highest BCUT2D eigenvalue weighted by molar-refractivity contribution is 7.15. The van der Waals surface area contributed by atoms with Crippen molar-refractivity contribution in [3.63, 3.8) is 0 Å². The first-order chi connectivity index (χ1) is 16.5. The molecule has 8 heteroatoms. The first kappa shape index (κ1) is 22.4. The van der Waals surface area contributed by atoms with E-state index < -0.39 is 0 Å². The van der Waals surface area contributed by atoms with Crippen molar-refractivity contribution in [1.29, 1.82) is 0 Å². The molecule has 1 aliphatic rings. The summed E-state index contributed by atoms with van der Waals surface area (Å²) < 4.78 is 32.9. The number of likely N-dealkylation sites (tertiary alicyclic amines) is 1. The molecule has 0 spiro atoms. The number of benzene rings is 2. The van der Waals surface area contributed by atoms with E-state index in [0.29, 0.717) is 35.9 Å². The van der Waals surface area contributed by atoms with Crippen LogP contribution in [0.4, 0.5) is 8.78 Å². The van der Waals surface area contributed by atoms with Crippen LogP contribution in [0.3, 0.4) is 0 Å². The number of nitrogens with zero attached hydrogens (tertiary/aromatic N) is 3. The molecule has 1 unspecified atom stereocenters. The van der Waals surface area contributed by atoms with E-state index in [1.807, 2.05) is 11.8 Å². The second kappa shape index (κ2) is 9.46. The molecule has 2 aromatic heterocycles. The fraction of sp³-hybridized carbons (Fsp3) is 0.269. The zero-order valence-corrected chi connectivity index (χ0v) is 19.4. The summed E-state index contributed by atoms with van der Waals surface area (Å²) in [5.74, 6) is 0.215. The quantitative estimate of drug-likeness (QED) is 0.338. The predicted molar refractivity (Wildman–Crippen MR) is 127 cm³/mol. The predicted octanol–water partition coefficient (Wildman–Crippen LogP) is 6.29. The Morgan fingerprint density at radius 1 is 1.12 bits per heavy atom. The van der Waals surface area contributed by atoms with Crippen molar-refractivity contribution in [3.05, 3.63) is 83.0 Å². The summed E-state index contributed by atoms with van der Waals surface area (Å²) in [5.41, 5.74) is 1.79. The number of piperidine rings is 1. The topological polar surface area (TPSA) is 59.2 Å². The average molecular weight is 480 g/mol. The van der Waals surface area contributed by atoms with Gasteiger partial charge in [-0.25, -0.2) is 18.7 Å². The number of carbonyl (C=O) groups is 1. The fourth-order valence-electron chi connectivity index (χ4n) is 4.37. The third-order valence-electron chi connectivity index (χ3n) is 6.00. The maximum atomic E-state index is 13.6. The van der Waals surface area contributed by atoms with Crippen molar-refractivity contribution in [2.45, 2.75) is 38.6 Å². The number of oxazole rings is 1. The monoisotopic (exact) mass is 479 g/mol. The Hall–Kier alpha value is -3.39.